The van der Waals surface area contributed by atoms with Crippen LogP contribution in [0.3, 0.4) is 0 Å². The van der Waals surface area contributed by atoms with Gasteiger partial charge < -0.3 is 19.6 Å². The molecule has 0 aliphatic rings. The van der Waals surface area contributed by atoms with Gasteiger partial charge in [0.1, 0.15) is 23.9 Å². The third-order valence-electron chi connectivity index (χ3n) is 4.10. The number of rotatable bonds is 9. The molecule has 3 aromatic rings. The normalized spacial score (nSPS) is 10.3. The summed E-state index contributed by atoms with van der Waals surface area (Å²) in [5.41, 5.74) is 9.56. The number of methoxy groups -OCH3 is 2. The Balaban J connectivity index is 1.60. The van der Waals surface area contributed by atoms with Gasteiger partial charge in [0.15, 0.2) is 0 Å². The molecule has 5 heteroatoms. The van der Waals surface area contributed by atoms with Crippen LogP contribution in [0.15, 0.2) is 72.8 Å². The summed E-state index contributed by atoms with van der Waals surface area (Å²) in [7, 11) is 3.31. The van der Waals surface area contributed by atoms with Gasteiger partial charge in [0, 0.05) is 17.8 Å². The molecule has 0 unspecified atom stereocenters. The second kappa shape index (κ2) is 9.50. The average Bonchev–Trinajstić information content (AvgIpc) is 2.73. The fourth-order valence-corrected chi connectivity index (χ4v) is 2.66. The molecule has 2 N–H and O–H groups in total. The molecule has 0 saturated heterocycles. The molecule has 0 aliphatic carbocycles. The first kappa shape index (κ1) is 18.6. The van der Waals surface area contributed by atoms with Gasteiger partial charge in [-0.05, 0) is 54.1 Å². The fourth-order valence-electron chi connectivity index (χ4n) is 2.66. The zero-order chi connectivity index (χ0) is 18.9. The van der Waals surface area contributed by atoms with Crippen molar-refractivity contribution < 1.29 is 14.2 Å². The molecule has 0 aliphatic heterocycles. The highest BCUT2D eigenvalue weighted by Crippen LogP contribution is 2.23. The van der Waals surface area contributed by atoms with E-state index in [1.165, 1.54) is 0 Å². The standard InChI is InChI=1S/C22H24N2O3/c1-25-20-9-11-21(12-10-20)27-16-18-14-17(8-13-22(18)26-2)15-23-24-19-6-4-3-5-7-19/h3-14,23-24H,15-16H2,1-2H3. The van der Waals surface area contributed by atoms with Crippen LogP contribution in [0.4, 0.5) is 5.69 Å². The van der Waals surface area contributed by atoms with E-state index in [2.05, 4.69) is 16.9 Å². The summed E-state index contributed by atoms with van der Waals surface area (Å²) in [4.78, 5) is 0. The fraction of sp³-hybridized carbons (Fsp3) is 0.182. The summed E-state index contributed by atoms with van der Waals surface area (Å²) in [5.74, 6) is 2.40. The highest BCUT2D eigenvalue weighted by Gasteiger charge is 2.06. The molecule has 3 rings (SSSR count). The van der Waals surface area contributed by atoms with E-state index in [-0.39, 0.29) is 0 Å². The molecule has 140 valence electrons. The maximum absolute atomic E-state index is 5.89. The van der Waals surface area contributed by atoms with Gasteiger partial charge in [0.25, 0.3) is 0 Å². The molecule has 5 nitrogen and oxygen atoms in total. The Hall–Kier alpha value is -3.18. The molecule has 0 saturated carbocycles. The number of nitrogens with one attached hydrogen (secondary N) is 2. The molecule has 0 heterocycles. The van der Waals surface area contributed by atoms with E-state index in [0.717, 1.165) is 34.1 Å². The van der Waals surface area contributed by atoms with E-state index in [1.807, 2.05) is 66.7 Å². The van der Waals surface area contributed by atoms with Crippen LogP contribution in [0.1, 0.15) is 11.1 Å². The molecule has 3 aromatic carbocycles. The minimum atomic E-state index is 0.426. The van der Waals surface area contributed by atoms with Crippen molar-refractivity contribution in [3.8, 4) is 17.2 Å². The van der Waals surface area contributed by atoms with Gasteiger partial charge >= 0.3 is 0 Å². The molecule has 0 aromatic heterocycles. The number of ether oxygens (including phenoxy) is 3. The van der Waals surface area contributed by atoms with E-state index in [9.17, 15) is 0 Å². The van der Waals surface area contributed by atoms with Gasteiger partial charge in [-0.25, -0.2) is 5.43 Å². The van der Waals surface area contributed by atoms with Crippen molar-refractivity contribution in [2.45, 2.75) is 13.2 Å². The SMILES string of the molecule is COc1ccc(OCc2cc(CNNc3ccccc3)ccc2OC)cc1. The van der Waals surface area contributed by atoms with Crippen LogP contribution in [-0.2, 0) is 13.2 Å². The molecule has 0 radical (unpaired) electrons. The van der Waals surface area contributed by atoms with Crippen molar-refractivity contribution in [2.24, 2.45) is 0 Å². The van der Waals surface area contributed by atoms with E-state index in [4.69, 9.17) is 14.2 Å². The second-order valence-electron chi connectivity index (χ2n) is 5.95. The Labute approximate surface area is 159 Å². The van der Waals surface area contributed by atoms with Crippen LogP contribution in [0.2, 0.25) is 0 Å². The minimum absolute atomic E-state index is 0.426. The first-order chi connectivity index (χ1) is 13.3. The highest BCUT2D eigenvalue weighted by molar-refractivity contribution is 5.42. The Morgan fingerprint density at radius 1 is 0.778 bits per heavy atom. The molecule has 27 heavy (non-hydrogen) atoms. The van der Waals surface area contributed by atoms with Gasteiger partial charge in [0.05, 0.1) is 14.2 Å². The molecule has 0 spiro atoms. The largest absolute Gasteiger partial charge is 0.497 e. The lowest BCUT2D eigenvalue weighted by Crippen LogP contribution is -2.20. The van der Waals surface area contributed by atoms with Crippen LogP contribution in [0, 0.1) is 0 Å². The van der Waals surface area contributed by atoms with Gasteiger partial charge in [-0.2, -0.15) is 0 Å². The maximum atomic E-state index is 5.89. The molecule has 0 atom stereocenters. The second-order valence-corrected chi connectivity index (χ2v) is 5.95. The third kappa shape index (κ3) is 5.39. The maximum Gasteiger partial charge on any atom is 0.125 e. The van der Waals surface area contributed by atoms with Crippen LogP contribution in [-0.4, -0.2) is 14.2 Å². The minimum Gasteiger partial charge on any atom is -0.497 e. The lowest BCUT2D eigenvalue weighted by atomic mass is 10.1. The Morgan fingerprint density at radius 2 is 1.52 bits per heavy atom. The third-order valence-corrected chi connectivity index (χ3v) is 4.10. The summed E-state index contributed by atoms with van der Waals surface area (Å²) >= 11 is 0. The van der Waals surface area contributed by atoms with Gasteiger partial charge in [-0.3, -0.25) is 0 Å². The number of benzene rings is 3. The van der Waals surface area contributed by atoms with Crippen molar-refractivity contribution in [2.75, 3.05) is 19.6 Å². The zero-order valence-corrected chi connectivity index (χ0v) is 15.6. The Bertz CT molecular complexity index is 836. The average molecular weight is 364 g/mol. The summed E-state index contributed by atoms with van der Waals surface area (Å²) in [5, 5.41) is 0. The highest BCUT2D eigenvalue weighted by atomic mass is 16.5. The smallest absolute Gasteiger partial charge is 0.125 e. The quantitative estimate of drug-likeness (QED) is 0.551. The summed E-state index contributed by atoms with van der Waals surface area (Å²) in [6.45, 7) is 1.10. The van der Waals surface area contributed by atoms with Crippen molar-refractivity contribution in [3.63, 3.8) is 0 Å². The van der Waals surface area contributed by atoms with E-state index < -0.39 is 0 Å². The monoisotopic (exact) mass is 364 g/mol. The number of anilines is 1. The van der Waals surface area contributed by atoms with E-state index >= 15 is 0 Å². The van der Waals surface area contributed by atoms with Crippen LogP contribution >= 0.6 is 0 Å². The Morgan fingerprint density at radius 3 is 2.22 bits per heavy atom. The molecular weight excluding hydrogens is 340 g/mol. The molecule has 0 amide bonds. The van der Waals surface area contributed by atoms with Gasteiger partial charge in [-0.1, -0.05) is 24.3 Å². The predicted molar refractivity (Wildman–Crippen MR) is 107 cm³/mol. The van der Waals surface area contributed by atoms with Crippen molar-refractivity contribution >= 4 is 5.69 Å². The van der Waals surface area contributed by atoms with Crippen molar-refractivity contribution in [3.05, 3.63) is 83.9 Å². The first-order valence-electron chi connectivity index (χ1n) is 8.75. The topological polar surface area (TPSA) is 51.8 Å². The number of hydrazine groups is 1. The van der Waals surface area contributed by atoms with E-state index in [0.29, 0.717) is 13.2 Å². The lowest BCUT2D eigenvalue weighted by molar-refractivity contribution is 0.296. The van der Waals surface area contributed by atoms with Gasteiger partial charge in [-0.15, -0.1) is 0 Å². The number of para-hydroxylation sites is 1. The Kier molecular flexibility index (Phi) is 6.55. The van der Waals surface area contributed by atoms with Crippen molar-refractivity contribution in [1.82, 2.24) is 5.43 Å². The summed E-state index contributed by atoms with van der Waals surface area (Å²) < 4.78 is 16.5. The first-order valence-corrected chi connectivity index (χ1v) is 8.75. The number of hydrogen-bond acceptors (Lipinski definition) is 5. The zero-order valence-electron chi connectivity index (χ0n) is 15.6. The van der Waals surface area contributed by atoms with Crippen LogP contribution in [0.25, 0.3) is 0 Å². The van der Waals surface area contributed by atoms with E-state index in [1.54, 1.807) is 14.2 Å². The predicted octanol–water partition coefficient (Wildman–Crippen LogP) is 4.40. The molecule has 0 bridgehead atoms. The molecular formula is C22H24N2O3. The van der Waals surface area contributed by atoms with Gasteiger partial charge in [0.2, 0.25) is 0 Å². The summed E-state index contributed by atoms with van der Waals surface area (Å²) in [6.07, 6.45) is 0. The van der Waals surface area contributed by atoms with Crippen LogP contribution in [0.5, 0.6) is 17.2 Å². The summed E-state index contributed by atoms with van der Waals surface area (Å²) in [6, 6.07) is 23.6. The van der Waals surface area contributed by atoms with Crippen molar-refractivity contribution in [1.29, 1.82) is 0 Å². The number of hydrogen-bond donors (Lipinski definition) is 2. The molecule has 0 fully saturated rings. The lowest BCUT2D eigenvalue weighted by Gasteiger charge is -2.13. The van der Waals surface area contributed by atoms with Crippen LogP contribution < -0.4 is 25.1 Å².